The topological polar surface area (TPSA) is 88.1 Å². The number of anilines is 1. The Labute approximate surface area is 244 Å². The third-order valence-electron chi connectivity index (χ3n) is 7.21. The minimum atomic E-state index is -0.353. The zero-order chi connectivity index (χ0) is 29.5. The fourth-order valence-electron chi connectivity index (χ4n) is 4.87. The van der Waals surface area contributed by atoms with Gasteiger partial charge in [-0.3, -0.25) is 9.59 Å². The molecule has 2 heterocycles. The molecule has 1 aromatic heterocycles. The number of aromatic nitrogens is 2. The molecular weight excluding hydrogens is 537 g/mol. The van der Waals surface area contributed by atoms with Crippen LogP contribution in [-0.4, -0.2) is 78.8 Å². The van der Waals surface area contributed by atoms with Crippen molar-refractivity contribution in [1.29, 1.82) is 0 Å². The number of amides is 2. The van der Waals surface area contributed by atoms with Gasteiger partial charge in [-0.1, -0.05) is 30.3 Å². The van der Waals surface area contributed by atoms with Crippen molar-refractivity contribution in [3.63, 3.8) is 0 Å². The lowest BCUT2D eigenvalue weighted by molar-refractivity contribution is -0.132. The summed E-state index contributed by atoms with van der Waals surface area (Å²) in [5.74, 6) is 1.30. The quantitative estimate of drug-likeness (QED) is 0.297. The van der Waals surface area contributed by atoms with Gasteiger partial charge in [-0.05, 0) is 54.1 Å². The number of carbonyl (C=O) groups is 2. The number of ether oxygens (including phenoxy) is 2. The molecule has 0 atom stereocenters. The van der Waals surface area contributed by atoms with Gasteiger partial charge in [0, 0.05) is 49.9 Å². The molecule has 0 unspecified atom stereocenters. The minimum Gasteiger partial charge on any atom is -0.497 e. The molecule has 0 N–H and O–H groups in total. The van der Waals surface area contributed by atoms with Crippen molar-refractivity contribution in [1.82, 2.24) is 20.0 Å². The lowest BCUT2D eigenvalue weighted by atomic mass is 10.1. The Hall–Kier alpha value is -4.99. The summed E-state index contributed by atoms with van der Waals surface area (Å²) in [6.07, 6.45) is 0. The maximum absolute atomic E-state index is 13.4. The number of rotatable bonds is 9. The smallest absolute Gasteiger partial charge is 0.254 e. The van der Waals surface area contributed by atoms with Crippen LogP contribution in [0.1, 0.15) is 15.9 Å². The number of halogens is 1. The summed E-state index contributed by atoms with van der Waals surface area (Å²) >= 11 is 0. The Balaban J connectivity index is 1.22. The number of carbonyl (C=O) groups excluding carboxylic acids is 2. The van der Waals surface area contributed by atoms with Gasteiger partial charge in [0.15, 0.2) is 5.82 Å². The molecule has 5 rings (SSSR count). The molecule has 0 aliphatic carbocycles. The second kappa shape index (κ2) is 13.1. The Morgan fingerprint density at radius 2 is 1.60 bits per heavy atom. The van der Waals surface area contributed by atoms with E-state index < -0.39 is 0 Å². The van der Waals surface area contributed by atoms with Crippen LogP contribution in [0.2, 0.25) is 0 Å². The largest absolute Gasteiger partial charge is 0.497 e. The lowest BCUT2D eigenvalue weighted by Gasteiger charge is -2.36. The fourth-order valence-corrected chi connectivity index (χ4v) is 4.87. The molecule has 0 saturated carbocycles. The predicted molar refractivity (Wildman–Crippen MR) is 157 cm³/mol. The van der Waals surface area contributed by atoms with Crippen LogP contribution >= 0.6 is 0 Å². The summed E-state index contributed by atoms with van der Waals surface area (Å²) in [4.78, 5) is 32.0. The third kappa shape index (κ3) is 6.65. The molecule has 216 valence electrons. The van der Waals surface area contributed by atoms with E-state index in [0.717, 1.165) is 16.9 Å². The molecule has 0 radical (unpaired) electrons. The van der Waals surface area contributed by atoms with Gasteiger partial charge in [-0.25, -0.2) is 4.39 Å². The summed E-state index contributed by atoms with van der Waals surface area (Å²) in [7, 11) is 3.20. The van der Waals surface area contributed by atoms with Gasteiger partial charge < -0.3 is 24.2 Å². The molecule has 1 aliphatic heterocycles. The van der Waals surface area contributed by atoms with Crippen LogP contribution in [0.15, 0.2) is 84.9 Å². The van der Waals surface area contributed by atoms with E-state index in [-0.39, 0.29) is 30.7 Å². The Kier molecular flexibility index (Phi) is 8.91. The molecule has 42 heavy (non-hydrogen) atoms. The van der Waals surface area contributed by atoms with E-state index in [9.17, 15) is 14.0 Å². The Morgan fingerprint density at radius 1 is 0.857 bits per heavy atom. The first-order valence-electron chi connectivity index (χ1n) is 13.6. The van der Waals surface area contributed by atoms with Crippen molar-refractivity contribution in [2.75, 3.05) is 51.8 Å². The highest BCUT2D eigenvalue weighted by Crippen LogP contribution is 2.32. The van der Waals surface area contributed by atoms with Crippen LogP contribution in [0.5, 0.6) is 11.5 Å². The molecule has 0 bridgehead atoms. The van der Waals surface area contributed by atoms with Crippen LogP contribution in [0.3, 0.4) is 0 Å². The summed E-state index contributed by atoms with van der Waals surface area (Å²) in [5, 5.41) is 8.85. The van der Waals surface area contributed by atoms with E-state index in [4.69, 9.17) is 9.47 Å². The Morgan fingerprint density at radius 3 is 2.24 bits per heavy atom. The first-order valence-corrected chi connectivity index (χ1v) is 13.6. The van der Waals surface area contributed by atoms with E-state index in [2.05, 4.69) is 15.1 Å². The van der Waals surface area contributed by atoms with Crippen molar-refractivity contribution in [3.05, 3.63) is 102 Å². The molecule has 1 saturated heterocycles. The van der Waals surface area contributed by atoms with E-state index in [1.165, 1.54) is 17.0 Å². The zero-order valence-corrected chi connectivity index (χ0v) is 23.6. The van der Waals surface area contributed by atoms with Crippen LogP contribution in [0.4, 0.5) is 10.2 Å². The van der Waals surface area contributed by atoms with Gasteiger partial charge in [0.05, 0.1) is 19.9 Å². The van der Waals surface area contributed by atoms with Crippen LogP contribution < -0.4 is 14.4 Å². The summed E-state index contributed by atoms with van der Waals surface area (Å²) in [6, 6.07) is 24.1. The molecule has 3 aromatic carbocycles. The van der Waals surface area contributed by atoms with Crippen molar-refractivity contribution in [3.8, 4) is 22.8 Å². The van der Waals surface area contributed by atoms with Crippen molar-refractivity contribution >= 4 is 17.6 Å². The number of hydrogen-bond donors (Lipinski definition) is 0. The van der Waals surface area contributed by atoms with E-state index >= 15 is 0 Å². The van der Waals surface area contributed by atoms with E-state index in [0.29, 0.717) is 48.9 Å². The van der Waals surface area contributed by atoms with Crippen molar-refractivity contribution in [2.24, 2.45) is 0 Å². The normalized spacial score (nSPS) is 13.0. The number of methoxy groups -OCH3 is 2. The molecule has 4 aromatic rings. The molecule has 1 fully saturated rings. The average molecular weight is 570 g/mol. The van der Waals surface area contributed by atoms with Gasteiger partial charge in [0.1, 0.15) is 23.9 Å². The number of hydrogen-bond acceptors (Lipinski definition) is 7. The third-order valence-corrected chi connectivity index (χ3v) is 7.21. The summed E-state index contributed by atoms with van der Waals surface area (Å²) in [6.45, 7) is 2.24. The maximum atomic E-state index is 13.4. The van der Waals surface area contributed by atoms with Gasteiger partial charge >= 0.3 is 0 Å². The zero-order valence-electron chi connectivity index (χ0n) is 23.6. The van der Waals surface area contributed by atoms with Crippen molar-refractivity contribution in [2.45, 2.75) is 6.54 Å². The van der Waals surface area contributed by atoms with Gasteiger partial charge in [-0.2, -0.15) is 0 Å². The standard InChI is InChI=1S/C32H32FN5O4/c1-41-26-12-13-27(29(20-26)42-2)28-14-15-30(35-34-28)36-16-18-37(19-17-36)31(39)22-38(21-23-8-10-25(33)11-9-23)32(40)24-6-4-3-5-7-24/h3-15,20H,16-19,21-22H2,1-2H3. The molecule has 0 spiro atoms. The van der Waals surface area contributed by atoms with Crippen LogP contribution in [0.25, 0.3) is 11.3 Å². The van der Waals surface area contributed by atoms with Crippen molar-refractivity contribution < 1.29 is 23.5 Å². The molecule has 10 heteroatoms. The second-order valence-corrected chi connectivity index (χ2v) is 9.86. The molecule has 2 amide bonds. The monoisotopic (exact) mass is 569 g/mol. The highest BCUT2D eigenvalue weighted by Gasteiger charge is 2.26. The number of benzene rings is 3. The summed E-state index contributed by atoms with van der Waals surface area (Å²) in [5.41, 5.74) is 2.72. The molecular formula is C32H32FN5O4. The average Bonchev–Trinajstić information content (AvgIpc) is 3.05. The first-order chi connectivity index (χ1) is 20.4. The number of piperazine rings is 1. The van der Waals surface area contributed by atoms with Gasteiger partial charge in [0.25, 0.3) is 5.91 Å². The minimum absolute atomic E-state index is 0.0801. The lowest BCUT2D eigenvalue weighted by Crippen LogP contribution is -2.52. The van der Waals surface area contributed by atoms with Gasteiger partial charge in [-0.15, -0.1) is 10.2 Å². The second-order valence-electron chi connectivity index (χ2n) is 9.86. The maximum Gasteiger partial charge on any atom is 0.254 e. The highest BCUT2D eigenvalue weighted by atomic mass is 19.1. The van der Waals surface area contributed by atoms with E-state index in [1.807, 2.05) is 30.3 Å². The summed E-state index contributed by atoms with van der Waals surface area (Å²) < 4.78 is 24.2. The van der Waals surface area contributed by atoms with Crippen LogP contribution in [0, 0.1) is 5.82 Å². The molecule has 1 aliphatic rings. The highest BCUT2D eigenvalue weighted by molar-refractivity contribution is 5.96. The fraction of sp³-hybridized carbons (Fsp3) is 0.250. The van der Waals surface area contributed by atoms with Gasteiger partial charge in [0.2, 0.25) is 5.91 Å². The Bertz CT molecular complexity index is 1510. The first kappa shape index (κ1) is 28.5. The number of nitrogens with zero attached hydrogens (tertiary/aromatic N) is 5. The predicted octanol–water partition coefficient (Wildman–Crippen LogP) is 4.29. The van der Waals surface area contributed by atoms with Crippen LogP contribution in [-0.2, 0) is 11.3 Å². The van der Waals surface area contributed by atoms with E-state index in [1.54, 1.807) is 61.6 Å². The SMILES string of the molecule is COc1ccc(-c2ccc(N3CCN(C(=O)CN(Cc4ccc(F)cc4)C(=O)c4ccccc4)CC3)nn2)c(OC)c1. The molecule has 9 nitrogen and oxygen atoms in total.